The molecule has 1 aliphatic rings. The molecule has 0 unspecified atom stereocenters. The van der Waals surface area contributed by atoms with Crippen LogP contribution in [0.25, 0.3) is 0 Å². The first kappa shape index (κ1) is 16.2. The van der Waals surface area contributed by atoms with E-state index in [1.807, 2.05) is 60.4 Å². The largest absolute Gasteiger partial charge is 0.494 e. The van der Waals surface area contributed by atoms with Gasteiger partial charge in [-0.05, 0) is 68.3 Å². The van der Waals surface area contributed by atoms with Crippen LogP contribution in [0, 0.1) is 0 Å². The van der Waals surface area contributed by atoms with Gasteiger partial charge in [-0.2, -0.15) is 0 Å². The van der Waals surface area contributed by atoms with Crippen LogP contribution < -0.4 is 14.8 Å². The van der Waals surface area contributed by atoms with Crippen molar-refractivity contribution in [3.05, 3.63) is 48.5 Å². The molecule has 3 rings (SSSR count). The Bertz CT molecular complexity index is 662. The minimum absolute atomic E-state index is 0.0346. The number of likely N-dealkylation sites (tertiary alicyclic amines) is 1. The number of hydrogen-bond donors (Lipinski definition) is 1. The molecule has 1 N–H and O–H groups in total. The van der Waals surface area contributed by atoms with E-state index in [9.17, 15) is 4.79 Å². The molecule has 5 heteroatoms. The number of nitrogens with zero attached hydrogens (tertiary/aromatic N) is 1. The quantitative estimate of drug-likeness (QED) is 0.880. The topological polar surface area (TPSA) is 50.8 Å². The Balaban J connectivity index is 1.56. The monoisotopic (exact) mass is 326 g/mol. The number of nitrogens with one attached hydrogen (secondary N) is 1. The molecule has 0 spiro atoms. The SMILES string of the molecule is CCOc1ccc(Oc2ccc(NC(=O)N3CCCC3)cc2)cc1. The minimum Gasteiger partial charge on any atom is -0.494 e. The molecule has 0 radical (unpaired) electrons. The van der Waals surface area contributed by atoms with Crippen LogP contribution in [0.4, 0.5) is 10.5 Å². The van der Waals surface area contributed by atoms with E-state index in [2.05, 4.69) is 5.32 Å². The third-order valence-corrected chi connectivity index (χ3v) is 3.87. The van der Waals surface area contributed by atoms with Crippen molar-refractivity contribution in [2.75, 3.05) is 25.0 Å². The normalized spacial score (nSPS) is 13.6. The van der Waals surface area contributed by atoms with Crippen molar-refractivity contribution in [2.24, 2.45) is 0 Å². The van der Waals surface area contributed by atoms with Gasteiger partial charge in [-0.3, -0.25) is 0 Å². The Morgan fingerprint density at radius 3 is 2.08 bits per heavy atom. The maximum Gasteiger partial charge on any atom is 0.321 e. The van der Waals surface area contributed by atoms with Gasteiger partial charge in [-0.25, -0.2) is 4.79 Å². The lowest BCUT2D eigenvalue weighted by Crippen LogP contribution is -2.32. The van der Waals surface area contributed by atoms with Gasteiger partial charge in [-0.1, -0.05) is 0 Å². The molecule has 0 aromatic heterocycles. The molecule has 2 aromatic carbocycles. The van der Waals surface area contributed by atoms with Crippen LogP contribution in [0.2, 0.25) is 0 Å². The van der Waals surface area contributed by atoms with E-state index in [-0.39, 0.29) is 6.03 Å². The predicted octanol–water partition coefficient (Wildman–Crippen LogP) is 4.51. The molecule has 0 aliphatic carbocycles. The summed E-state index contributed by atoms with van der Waals surface area (Å²) in [5, 5.41) is 2.91. The predicted molar refractivity (Wildman–Crippen MR) is 94.0 cm³/mol. The van der Waals surface area contributed by atoms with E-state index < -0.39 is 0 Å². The zero-order valence-electron chi connectivity index (χ0n) is 13.8. The molecule has 0 atom stereocenters. The summed E-state index contributed by atoms with van der Waals surface area (Å²) >= 11 is 0. The van der Waals surface area contributed by atoms with Crippen LogP contribution in [0.1, 0.15) is 19.8 Å². The van der Waals surface area contributed by atoms with Gasteiger partial charge in [-0.15, -0.1) is 0 Å². The van der Waals surface area contributed by atoms with Crippen molar-refractivity contribution in [3.8, 4) is 17.2 Å². The Kier molecular flexibility index (Phi) is 5.21. The third kappa shape index (κ3) is 4.19. The van der Waals surface area contributed by atoms with Crippen molar-refractivity contribution in [1.29, 1.82) is 0 Å². The van der Waals surface area contributed by atoms with Crippen LogP contribution >= 0.6 is 0 Å². The Morgan fingerprint density at radius 2 is 1.50 bits per heavy atom. The highest BCUT2D eigenvalue weighted by atomic mass is 16.5. The number of carbonyl (C=O) groups is 1. The first-order chi connectivity index (χ1) is 11.7. The van der Waals surface area contributed by atoms with Gasteiger partial charge in [0.2, 0.25) is 0 Å². The first-order valence-electron chi connectivity index (χ1n) is 8.31. The summed E-state index contributed by atoms with van der Waals surface area (Å²) in [7, 11) is 0. The van der Waals surface area contributed by atoms with Crippen LogP contribution in [-0.2, 0) is 0 Å². The van der Waals surface area contributed by atoms with Crippen LogP contribution in [0.3, 0.4) is 0 Å². The fourth-order valence-corrected chi connectivity index (χ4v) is 2.64. The molecule has 1 saturated heterocycles. The Hall–Kier alpha value is -2.69. The molecule has 1 aliphatic heterocycles. The van der Waals surface area contributed by atoms with Crippen molar-refractivity contribution >= 4 is 11.7 Å². The van der Waals surface area contributed by atoms with Crippen LogP contribution in [0.5, 0.6) is 17.2 Å². The van der Waals surface area contributed by atoms with Crippen molar-refractivity contribution in [2.45, 2.75) is 19.8 Å². The lowest BCUT2D eigenvalue weighted by atomic mass is 10.3. The summed E-state index contributed by atoms with van der Waals surface area (Å²) in [6.07, 6.45) is 2.17. The van der Waals surface area contributed by atoms with E-state index in [0.717, 1.165) is 48.9 Å². The van der Waals surface area contributed by atoms with Gasteiger partial charge < -0.3 is 19.7 Å². The second-order valence-electron chi connectivity index (χ2n) is 5.66. The Labute approximate surface area is 142 Å². The number of amides is 2. The van der Waals surface area contributed by atoms with E-state index in [1.54, 1.807) is 0 Å². The smallest absolute Gasteiger partial charge is 0.321 e. The van der Waals surface area contributed by atoms with Crippen molar-refractivity contribution in [1.82, 2.24) is 4.90 Å². The van der Waals surface area contributed by atoms with Crippen LogP contribution in [-0.4, -0.2) is 30.6 Å². The summed E-state index contributed by atoms with van der Waals surface area (Å²) in [5.41, 5.74) is 0.769. The zero-order valence-corrected chi connectivity index (χ0v) is 13.8. The number of hydrogen-bond acceptors (Lipinski definition) is 3. The standard InChI is InChI=1S/C19H22N2O3/c1-2-23-16-9-11-18(12-10-16)24-17-7-5-15(6-8-17)20-19(22)21-13-3-4-14-21/h5-12H,2-4,13-14H2,1H3,(H,20,22). The molecule has 1 heterocycles. The van der Waals surface area contributed by atoms with E-state index in [1.165, 1.54) is 0 Å². The minimum atomic E-state index is -0.0346. The lowest BCUT2D eigenvalue weighted by molar-refractivity contribution is 0.222. The number of carbonyl (C=O) groups excluding carboxylic acids is 1. The average molecular weight is 326 g/mol. The average Bonchev–Trinajstić information content (AvgIpc) is 3.13. The number of ether oxygens (including phenoxy) is 2. The zero-order chi connectivity index (χ0) is 16.8. The number of rotatable bonds is 5. The molecule has 2 amide bonds. The summed E-state index contributed by atoms with van der Waals surface area (Å²) in [4.78, 5) is 13.9. The van der Waals surface area contributed by atoms with Gasteiger partial charge in [0, 0.05) is 18.8 Å². The number of benzene rings is 2. The molecular formula is C19H22N2O3. The first-order valence-corrected chi connectivity index (χ1v) is 8.31. The van der Waals surface area contributed by atoms with Crippen molar-refractivity contribution in [3.63, 3.8) is 0 Å². The molecule has 126 valence electrons. The summed E-state index contributed by atoms with van der Waals surface area (Å²) in [6.45, 7) is 4.27. The third-order valence-electron chi connectivity index (χ3n) is 3.87. The van der Waals surface area contributed by atoms with Gasteiger partial charge in [0.25, 0.3) is 0 Å². The van der Waals surface area contributed by atoms with Crippen molar-refractivity contribution < 1.29 is 14.3 Å². The van der Waals surface area contributed by atoms with E-state index in [0.29, 0.717) is 6.61 Å². The molecular weight excluding hydrogens is 304 g/mol. The van der Waals surface area contributed by atoms with Gasteiger partial charge in [0.05, 0.1) is 6.61 Å². The van der Waals surface area contributed by atoms with Gasteiger partial charge >= 0.3 is 6.03 Å². The molecule has 24 heavy (non-hydrogen) atoms. The molecule has 2 aromatic rings. The second-order valence-corrected chi connectivity index (χ2v) is 5.66. The van der Waals surface area contributed by atoms with Crippen LogP contribution in [0.15, 0.2) is 48.5 Å². The van der Waals surface area contributed by atoms with E-state index >= 15 is 0 Å². The lowest BCUT2D eigenvalue weighted by Gasteiger charge is -2.16. The maximum atomic E-state index is 12.0. The highest BCUT2D eigenvalue weighted by Crippen LogP contribution is 2.25. The Morgan fingerprint density at radius 1 is 0.958 bits per heavy atom. The second kappa shape index (κ2) is 7.73. The molecule has 5 nitrogen and oxygen atoms in total. The van der Waals surface area contributed by atoms with Gasteiger partial charge in [0.1, 0.15) is 17.2 Å². The highest BCUT2D eigenvalue weighted by molar-refractivity contribution is 5.89. The summed E-state index contributed by atoms with van der Waals surface area (Å²) in [5.74, 6) is 2.29. The highest BCUT2D eigenvalue weighted by Gasteiger charge is 2.17. The van der Waals surface area contributed by atoms with Gasteiger partial charge in [0.15, 0.2) is 0 Å². The number of urea groups is 1. The number of anilines is 1. The fraction of sp³-hybridized carbons (Fsp3) is 0.316. The van der Waals surface area contributed by atoms with E-state index in [4.69, 9.17) is 9.47 Å². The molecule has 0 saturated carbocycles. The maximum absolute atomic E-state index is 12.0. The molecule has 1 fully saturated rings. The fourth-order valence-electron chi connectivity index (χ4n) is 2.64. The summed E-state index contributed by atoms with van der Waals surface area (Å²) < 4.78 is 11.2. The molecule has 0 bridgehead atoms. The summed E-state index contributed by atoms with van der Waals surface area (Å²) in [6, 6.07) is 14.8.